The van der Waals surface area contributed by atoms with Crippen molar-refractivity contribution in [3.63, 3.8) is 0 Å². The lowest BCUT2D eigenvalue weighted by atomic mass is 10.1. The zero-order valence-electron chi connectivity index (χ0n) is 19.5. The molecule has 1 unspecified atom stereocenters. The van der Waals surface area contributed by atoms with Crippen molar-refractivity contribution in [2.24, 2.45) is 4.99 Å². The van der Waals surface area contributed by atoms with Gasteiger partial charge in [-0.25, -0.2) is 4.79 Å². The van der Waals surface area contributed by atoms with E-state index in [2.05, 4.69) is 63.5 Å². The number of ether oxygens (including phenoxy) is 1. The number of carbonyl (C=O) groups excluding carboxylic acids is 1. The Hall–Kier alpha value is -2.28. The van der Waals surface area contributed by atoms with Crippen LogP contribution in [0.1, 0.15) is 52.2 Å². The van der Waals surface area contributed by atoms with Gasteiger partial charge in [-0.15, -0.1) is 0 Å². The second-order valence-corrected chi connectivity index (χ2v) is 8.76. The number of hydrogen-bond donors (Lipinski definition) is 2. The summed E-state index contributed by atoms with van der Waals surface area (Å²) in [5, 5.41) is 6.43. The van der Waals surface area contributed by atoms with Crippen molar-refractivity contribution in [2.45, 2.75) is 65.8 Å². The van der Waals surface area contributed by atoms with Crippen LogP contribution in [0.5, 0.6) is 0 Å². The Bertz CT molecular complexity index is 710. The Morgan fingerprint density at radius 3 is 2.60 bits per heavy atom. The highest BCUT2D eigenvalue weighted by atomic mass is 16.6. The SMILES string of the molecule is CCN(CC)Cc1cccc(CNC(=NC)N2CCC(NC(=O)OC(C)(C)C)C2)c1. The Morgan fingerprint density at radius 2 is 1.97 bits per heavy atom. The van der Waals surface area contributed by atoms with Crippen LogP contribution in [0.25, 0.3) is 0 Å². The van der Waals surface area contributed by atoms with Gasteiger partial charge in [-0.3, -0.25) is 9.89 Å². The van der Waals surface area contributed by atoms with E-state index in [4.69, 9.17) is 4.74 Å². The molecule has 7 nitrogen and oxygen atoms in total. The maximum atomic E-state index is 12.0. The largest absolute Gasteiger partial charge is 0.444 e. The van der Waals surface area contributed by atoms with Crippen LogP contribution in [0.3, 0.4) is 0 Å². The first-order chi connectivity index (χ1) is 14.2. The monoisotopic (exact) mass is 417 g/mol. The van der Waals surface area contributed by atoms with E-state index in [1.54, 1.807) is 7.05 Å². The summed E-state index contributed by atoms with van der Waals surface area (Å²) in [4.78, 5) is 21.0. The van der Waals surface area contributed by atoms with E-state index in [9.17, 15) is 4.79 Å². The molecule has 0 spiro atoms. The average molecular weight is 418 g/mol. The van der Waals surface area contributed by atoms with Crippen molar-refractivity contribution in [2.75, 3.05) is 33.2 Å². The van der Waals surface area contributed by atoms with Gasteiger partial charge in [-0.1, -0.05) is 38.1 Å². The van der Waals surface area contributed by atoms with Crippen molar-refractivity contribution in [1.29, 1.82) is 0 Å². The second kappa shape index (κ2) is 11.2. The number of nitrogens with one attached hydrogen (secondary N) is 2. The highest BCUT2D eigenvalue weighted by Gasteiger charge is 2.27. The van der Waals surface area contributed by atoms with Crippen LogP contribution in [0, 0.1) is 0 Å². The average Bonchev–Trinajstić information content (AvgIpc) is 3.13. The first-order valence-corrected chi connectivity index (χ1v) is 11.0. The third-order valence-electron chi connectivity index (χ3n) is 5.16. The predicted octanol–water partition coefficient (Wildman–Crippen LogP) is 3.20. The van der Waals surface area contributed by atoms with Gasteiger partial charge >= 0.3 is 6.09 Å². The molecule has 1 atom stereocenters. The van der Waals surface area contributed by atoms with Crippen LogP contribution in [0.15, 0.2) is 29.3 Å². The minimum atomic E-state index is -0.486. The Morgan fingerprint density at radius 1 is 1.27 bits per heavy atom. The molecule has 1 heterocycles. The lowest BCUT2D eigenvalue weighted by molar-refractivity contribution is 0.0507. The van der Waals surface area contributed by atoms with Crippen molar-refractivity contribution < 1.29 is 9.53 Å². The van der Waals surface area contributed by atoms with E-state index < -0.39 is 5.60 Å². The van der Waals surface area contributed by atoms with Gasteiger partial charge < -0.3 is 20.3 Å². The molecule has 1 fully saturated rings. The first kappa shape index (κ1) is 24.0. The van der Waals surface area contributed by atoms with Gasteiger partial charge in [-0.05, 0) is 51.4 Å². The number of aliphatic imine (C=N–C) groups is 1. The maximum absolute atomic E-state index is 12.0. The number of rotatable bonds is 7. The molecule has 1 saturated heterocycles. The molecule has 1 amide bonds. The summed E-state index contributed by atoms with van der Waals surface area (Å²) in [5.41, 5.74) is 2.08. The molecule has 0 saturated carbocycles. The molecule has 30 heavy (non-hydrogen) atoms. The summed E-state index contributed by atoms with van der Waals surface area (Å²) < 4.78 is 5.36. The van der Waals surface area contributed by atoms with Crippen LogP contribution in [-0.4, -0.2) is 66.7 Å². The van der Waals surface area contributed by atoms with Crippen molar-refractivity contribution in [3.05, 3.63) is 35.4 Å². The minimum Gasteiger partial charge on any atom is -0.444 e. The quantitative estimate of drug-likeness (QED) is 0.527. The number of likely N-dealkylation sites (tertiary alicyclic amines) is 1. The van der Waals surface area contributed by atoms with E-state index in [1.165, 1.54) is 11.1 Å². The number of hydrogen-bond acceptors (Lipinski definition) is 4. The van der Waals surface area contributed by atoms with Crippen LogP contribution in [0.4, 0.5) is 4.79 Å². The first-order valence-electron chi connectivity index (χ1n) is 11.0. The molecule has 1 aliphatic rings. The molecule has 7 heteroatoms. The molecule has 2 rings (SSSR count). The molecular weight excluding hydrogens is 378 g/mol. The Labute approximate surface area is 181 Å². The van der Waals surface area contributed by atoms with Gasteiger partial charge in [0.1, 0.15) is 5.60 Å². The Balaban J connectivity index is 1.86. The number of guanidine groups is 1. The maximum Gasteiger partial charge on any atom is 0.407 e. The zero-order valence-corrected chi connectivity index (χ0v) is 19.5. The fourth-order valence-electron chi connectivity index (χ4n) is 3.60. The van der Waals surface area contributed by atoms with E-state index in [-0.39, 0.29) is 12.1 Å². The van der Waals surface area contributed by atoms with Crippen LogP contribution in [0.2, 0.25) is 0 Å². The van der Waals surface area contributed by atoms with Gasteiger partial charge in [0.15, 0.2) is 5.96 Å². The fraction of sp³-hybridized carbons (Fsp3) is 0.652. The molecular formula is C23H39N5O2. The molecule has 0 bridgehead atoms. The molecule has 2 N–H and O–H groups in total. The summed E-state index contributed by atoms with van der Waals surface area (Å²) in [6.07, 6.45) is 0.515. The second-order valence-electron chi connectivity index (χ2n) is 8.76. The van der Waals surface area contributed by atoms with Crippen molar-refractivity contribution in [1.82, 2.24) is 20.4 Å². The standard InChI is InChI=1S/C23H39N5O2/c1-7-27(8-2)16-19-11-9-10-18(14-19)15-25-21(24-6)28-13-12-20(17-28)26-22(29)30-23(3,4)5/h9-11,14,20H,7-8,12-13,15-17H2,1-6H3,(H,24,25)(H,26,29). The molecule has 1 aliphatic heterocycles. The normalized spacial score (nSPS) is 17.4. The summed E-state index contributed by atoms with van der Waals surface area (Å²) in [5.74, 6) is 0.859. The van der Waals surface area contributed by atoms with Gasteiger partial charge in [-0.2, -0.15) is 0 Å². The van der Waals surface area contributed by atoms with E-state index in [0.717, 1.165) is 51.6 Å². The Kier molecular flexibility index (Phi) is 8.96. The van der Waals surface area contributed by atoms with Gasteiger partial charge in [0.25, 0.3) is 0 Å². The van der Waals surface area contributed by atoms with Crippen LogP contribution < -0.4 is 10.6 Å². The smallest absolute Gasteiger partial charge is 0.407 e. The summed E-state index contributed by atoms with van der Waals surface area (Å²) in [6.45, 7) is 15.4. The third kappa shape index (κ3) is 7.86. The molecule has 1 aromatic carbocycles. The zero-order chi connectivity index (χ0) is 22.1. The fourth-order valence-corrected chi connectivity index (χ4v) is 3.60. The van der Waals surface area contributed by atoms with E-state index in [1.807, 2.05) is 20.8 Å². The number of amides is 1. The lowest BCUT2D eigenvalue weighted by Gasteiger charge is -2.23. The minimum absolute atomic E-state index is 0.0656. The van der Waals surface area contributed by atoms with E-state index >= 15 is 0 Å². The predicted molar refractivity (Wildman–Crippen MR) is 123 cm³/mol. The van der Waals surface area contributed by atoms with Gasteiger partial charge in [0.05, 0.1) is 6.04 Å². The number of nitrogens with zero attached hydrogens (tertiary/aromatic N) is 3. The summed E-state index contributed by atoms with van der Waals surface area (Å²) in [7, 11) is 1.80. The third-order valence-corrected chi connectivity index (χ3v) is 5.16. The van der Waals surface area contributed by atoms with E-state index in [0.29, 0.717) is 0 Å². The van der Waals surface area contributed by atoms with Crippen molar-refractivity contribution in [3.8, 4) is 0 Å². The number of alkyl carbamates (subject to hydrolysis) is 1. The van der Waals surface area contributed by atoms with Gasteiger partial charge in [0.2, 0.25) is 0 Å². The highest BCUT2D eigenvalue weighted by Crippen LogP contribution is 2.13. The summed E-state index contributed by atoms with van der Waals surface area (Å²) >= 11 is 0. The molecule has 0 aromatic heterocycles. The lowest BCUT2D eigenvalue weighted by Crippen LogP contribution is -2.44. The highest BCUT2D eigenvalue weighted by molar-refractivity contribution is 5.80. The number of benzene rings is 1. The summed E-state index contributed by atoms with van der Waals surface area (Å²) in [6, 6.07) is 8.77. The molecule has 1 aromatic rings. The van der Waals surface area contributed by atoms with Crippen molar-refractivity contribution >= 4 is 12.1 Å². The van der Waals surface area contributed by atoms with Crippen LogP contribution in [-0.2, 0) is 17.8 Å². The van der Waals surface area contributed by atoms with Gasteiger partial charge in [0, 0.05) is 33.2 Å². The topological polar surface area (TPSA) is 69.2 Å². The van der Waals surface area contributed by atoms with Crippen LogP contribution >= 0.6 is 0 Å². The molecule has 168 valence electrons. The number of carbonyl (C=O) groups is 1. The molecule has 0 radical (unpaired) electrons. The molecule has 0 aliphatic carbocycles.